The molecule has 0 radical (unpaired) electrons. The second-order valence-electron chi connectivity index (χ2n) is 5.75. The van der Waals surface area contributed by atoms with Gasteiger partial charge in [0.2, 0.25) is 5.91 Å². The van der Waals surface area contributed by atoms with Crippen molar-refractivity contribution in [2.45, 2.75) is 38.9 Å². The zero-order valence-corrected chi connectivity index (χ0v) is 11.5. The molecule has 3 rings (SSSR count). The largest absolute Gasteiger partial charge is 0.294 e. The first kappa shape index (κ1) is 12.4. The molecule has 0 aliphatic carbocycles. The number of anilines is 1. The predicted molar refractivity (Wildman–Crippen MR) is 73.1 cm³/mol. The number of amides is 1. The summed E-state index contributed by atoms with van der Waals surface area (Å²) in [5.41, 5.74) is 0.872. The van der Waals surface area contributed by atoms with Gasteiger partial charge in [-0.05, 0) is 32.9 Å². The average molecular weight is 258 g/mol. The fraction of sp³-hybridized carbons (Fsp3) is 0.467. The highest BCUT2D eigenvalue weighted by Gasteiger charge is 2.51. The Morgan fingerprint density at radius 3 is 2.63 bits per heavy atom. The summed E-state index contributed by atoms with van der Waals surface area (Å²) in [6.07, 6.45) is 0.461. The topological polar surface area (TPSA) is 40.6 Å². The molecule has 2 bridgehead atoms. The number of rotatable bonds is 0. The molecule has 19 heavy (non-hydrogen) atoms. The quantitative estimate of drug-likeness (QED) is 0.715. The van der Waals surface area contributed by atoms with Gasteiger partial charge < -0.3 is 0 Å². The van der Waals surface area contributed by atoms with Gasteiger partial charge in [0, 0.05) is 18.5 Å². The zero-order chi connectivity index (χ0) is 13.8. The van der Waals surface area contributed by atoms with Gasteiger partial charge in [-0.1, -0.05) is 12.1 Å². The van der Waals surface area contributed by atoms with Crippen LogP contribution in [0.5, 0.6) is 0 Å². The van der Waals surface area contributed by atoms with Crippen LogP contribution in [0.4, 0.5) is 5.69 Å². The van der Waals surface area contributed by atoms with E-state index in [1.165, 1.54) is 0 Å². The summed E-state index contributed by atoms with van der Waals surface area (Å²) in [4.78, 5) is 28.8. The maximum absolute atomic E-state index is 12.7. The van der Waals surface area contributed by atoms with E-state index in [2.05, 4.69) is 4.90 Å². The van der Waals surface area contributed by atoms with Crippen LogP contribution in [-0.4, -0.2) is 34.8 Å². The normalized spacial score (nSPS) is 28.9. The van der Waals surface area contributed by atoms with Gasteiger partial charge in [-0.15, -0.1) is 0 Å². The van der Waals surface area contributed by atoms with Crippen LogP contribution in [0.2, 0.25) is 0 Å². The molecule has 0 saturated carbocycles. The van der Waals surface area contributed by atoms with Gasteiger partial charge in [0.15, 0.2) is 5.78 Å². The van der Waals surface area contributed by atoms with E-state index in [1.807, 2.05) is 45.0 Å². The molecule has 2 heterocycles. The van der Waals surface area contributed by atoms with Crippen molar-refractivity contribution in [2.24, 2.45) is 0 Å². The van der Waals surface area contributed by atoms with Gasteiger partial charge in [-0.3, -0.25) is 19.4 Å². The Morgan fingerprint density at radius 1 is 1.21 bits per heavy atom. The number of carbonyl (C=O) groups is 2. The van der Waals surface area contributed by atoms with Crippen molar-refractivity contribution in [1.82, 2.24) is 4.90 Å². The lowest BCUT2D eigenvalue weighted by Crippen LogP contribution is -2.46. The molecule has 0 spiro atoms. The van der Waals surface area contributed by atoms with E-state index in [4.69, 9.17) is 0 Å². The molecule has 1 fully saturated rings. The summed E-state index contributed by atoms with van der Waals surface area (Å²) in [5, 5.41) is 0. The van der Waals surface area contributed by atoms with Gasteiger partial charge >= 0.3 is 0 Å². The summed E-state index contributed by atoms with van der Waals surface area (Å²) >= 11 is 0. The van der Waals surface area contributed by atoms with Crippen molar-refractivity contribution in [1.29, 1.82) is 0 Å². The van der Waals surface area contributed by atoms with Crippen LogP contribution >= 0.6 is 0 Å². The van der Waals surface area contributed by atoms with Crippen LogP contribution < -0.4 is 4.90 Å². The third kappa shape index (κ3) is 1.56. The van der Waals surface area contributed by atoms with Gasteiger partial charge in [0.1, 0.15) is 0 Å². The second kappa shape index (κ2) is 3.90. The van der Waals surface area contributed by atoms with E-state index in [1.54, 1.807) is 4.90 Å². The predicted octanol–water partition coefficient (Wildman–Crippen LogP) is 2.05. The molecular weight excluding hydrogens is 240 g/mol. The first-order chi connectivity index (χ1) is 8.94. The van der Waals surface area contributed by atoms with Crippen LogP contribution in [0.15, 0.2) is 24.3 Å². The van der Waals surface area contributed by atoms with Crippen molar-refractivity contribution in [3.05, 3.63) is 29.8 Å². The number of benzene rings is 1. The molecule has 0 N–H and O–H groups in total. The van der Waals surface area contributed by atoms with Crippen molar-refractivity contribution >= 4 is 17.4 Å². The van der Waals surface area contributed by atoms with Crippen LogP contribution in [0.1, 0.15) is 37.6 Å². The lowest BCUT2D eigenvalue weighted by Gasteiger charge is -2.33. The molecule has 1 amide bonds. The van der Waals surface area contributed by atoms with Crippen LogP contribution in [0.25, 0.3) is 0 Å². The number of fused-ring (bicyclic) bond motifs is 4. The number of hydrogen-bond donors (Lipinski definition) is 0. The SMILES string of the molecule is C[C@H]1N2C(=O)C(C)(C)N1CCC(=O)c1ccccc12. The van der Waals surface area contributed by atoms with E-state index in [-0.39, 0.29) is 17.9 Å². The number of nitrogens with zero attached hydrogens (tertiary/aromatic N) is 2. The highest BCUT2D eigenvalue weighted by Crippen LogP contribution is 2.38. The summed E-state index contributed by atoms with van der Waals surface area (Å²) in [7, 11) is 0. The highest BCUT2D eigenvalue weighted by atomic mass is 16.2. The van der Waals surface area contributed by atoms with Gasteiger partial charge in [0.25, 0.3) is 0 Å². The molecule has 0 aromatic heterocycles. The molecule has 4 heteroatoms. The molecule has 2 aliphatic heterocycles. The molecule has 2 atom stereocenters. The van der Waals surface area contributed by atoms with E-state index < -0.39 is 5.54 Å². The number of ketones is 1. The van der Waals surface area contributed by atoms with E-state index in [0.717, 1.165) is 5.69 Å². The minimum Gasteiger partial charge on any atom is -0.294 e. The van der Waals surface area contributed by atoms with Crippen molar-refractivity contribution < 1.29 is 9.59 Å². The average Bonchev–Trinajstić information content (AvgIpc) is 2.55. The Bertz CT molecular complexity index is 565. The Labute approximate surface area is 113 Å². The highest BCUT2D eigenvalue weighted by molar-refractivity contribution is 6.10. The summed E-state index contributed by atoms with van der Waals surface area (Å²) in [6, 6.07) is 7.42. The Morgan fingerprint density at radius 2 is 1.89 bits per heavy atom. The Hall–Kier alpha value is -1.68. The minimum absolute atomic E-state index is 0.00301. The zero-order valence-electron chi connectivity index (χ0n) is 11.5. The fourth-order valence-corrected chi connectivity index (χ4v) is 3.25. The summed E-state index contributed by atoms with van der Waals surface area (Å²) in [6.45, 7) is 6.53. The maximum atomic E-state index is 12.7. The molecule has 1 unspecified atom stereocenters. The summed E-state index contributed by atoms with van der Waals surface area (Å²) < 4.78 is 0. The van der Waals surface area contributed by atoms with Gasteiger partial charge in [-0.25, -0.2) is 0 Å². The smallest absolute Gasteiger partial charge is 0.248 e. The van der Waals surface area contributed by atoms with Crippen molar-refractivity contribution in [3.63, 3.8) is 0 Å². The Balaban J connectivity index is 2.22. The maximum Gasteiger partial charge on any atom is 0.248 e. The number of hydrogen-bond acceptors (Lipinski definition) is 3. The molecule has 4 nitrogen and oxygen atoms in total. The van der Waals surface area contributed by atoms with Crippen molar-refractivity contribution in [3.8, 4) is 0 Å². The van der Waals surface area contributed by atoms with Gasteiger partial charge in [0.05, 0.1) is 17.4 Å². The lowest BCUT2D eigenvalue weighted by molar-refractivity contribution is -0.123. The van der Waals surface area contributed by atoms with E-state index in [0.29, 0.717) is 18.5 Å². The third-order valence-electron chi connectivity index (χ3n) is 4.33. The summed E-state index contributed by atoms with van der Waals surface area (Å²) in [5.74, 6) is 0.185. The lowest BCUT2D eigenvalue weighted by atomic mass is 10.0. The number of para-hydroxylation sites is 1. The number of Topliss-reactive ketones (excluding diaryl/α,β-unsaturated/α-hetero) is 1. The molecule has 1 saturated heterocycles. The molecule has 2 aliphatic rings. The van der Waals surface area contributed by atoms with E-state index in [9.17, 15) is 9.59 Å². The molecule has 100 valence electrons. The van der Waals surface area contributed by atoms with Gasteiger partial charge in [-0.2, -0.15) is 0 Å². The number of carbonyl (C=O) groups excluding carboxylic acids is 2. The fourth-order valence-electron chi connectivity index (χ4n) is 3.25. The minimum atomic E-state index is -0.544. The first-order valence-corrected chi connectivity index (χ1v) is 6.67. The monoisotopic (exact) mass is 258 g/mol. The van der Waals surface area contributed by atoms with Crippen LogP contribution in [0.3, 0.4) is 0 Å². The molecule has 1 aromatic rings. The standard InChI is InChI=1S/C15H18N2O2/c1-10-16-9-8-13(18)11-6-4-5-7-12(11)17(10)14(19)15(16,2)3/h4-7,10H,8-9H2,1-3H3/t10-/m1/s1. The van der Waals surface area contributed by atoms with E-state index >= 15 is 0 Å². The second-order valence-corrected chi connectivity index (χ2v) is 5.75. The van der Waals surface area contributed by atoms with Crippen LogP contribution in [0, 0.1) is 0 Å². The van der Waals surface area contributed by atoms with Crippen molar-refractivity contribution in [2.75, 3.05) is 11.4 Å². The molecule has 1 aromatic carbocycles. The third-order valence-corrected chi connectivity index (χ3v) is 4.33. The first-order valence-electron chi connectivity index (χ1n) is 6.67. The molecular formula is C15H18N2O2. The Kier molecular flexibility index (Phi) is 2.54. The van der Waals surface area contributed by atoms with Crippen LogP contribution in [-0.2, 0) is 4.79 Å².